The topological polar surface area (TPSA) is 32.3 Å². The molecule has 1 aromatic rings. The molecule has 1 amide bonds. The Morgan fingerprint density at radius 2 is 2.00 bits per heavy atom. The zero-order valence-electron chi connectivity index (χ0n) is 7.46. The van der Waals surface area contributed by atoms with Crippen LogP contribution in [0.4, 0.5) is 10.1 Å². The van der Waals surface area contributed by atoms with Crippen LogP contribution in [0.3, 0.4) is 0 Å². The molecule has 0 spiro atoms. The minimum absolute atomic E-state index is 0.0818. The largest absolute Gasteiger partial charge is 0.296 e. The van der Waals surface area contributed by atoms with Gasteiger partial charge in [-0.3, -0.25) is 10.2 Å². The van der Waals surface area contributed by atoms with Crippen molar-refractivity contribution in [2.45, 2.75) is 6.42 Å². The summed E-state index contributed by atoms with van der Waals surface area (Å²) >= 11 is 0. The lowest BCUT2D eigenvalue weighted by atomic mass is 10.3. The van der Waals surface area contributed by atoms with Crippen molar-refractivity contribution in [2.75, 3.05) is 5.01 Å². The Morgan fingerprint density at radius 1 is 1.36 bits per heavy atom. The molecule has 1 fully saturated rings. The summed E-state index contributed by atoms with van der Waals surface area (Å²) in [6.07, 6.45) is 0.289. The van der Waals surface area contributed by atoms with Gasteiger partial charge in [-0.2, -0.15) is 0 Å². The molecule has 0 saturated carbocycles. The highest BCUT2D eigenvalue weighted by Crippen LogP contribution is 2.19. The molecule has 0 atom stereocenters. The second-order valence-electron chi connectivity index (χ2n) is 3.10. The van der Waals surface area contributed by atoms with E-state index in [-0.39, 0.29) is 18.1 Å². The van der Waals surface area contributed by atoms with Crippen LogP contribution in [-0.2, 0) is 4.79 Å². The van der Waals surface area contributed by atoms with Gasteiger partial charge in [0.15, 0.2) is 0 Å². The van der Waals surface area contributed by atoms with Crippen molar-refractivity contribution in [1.82, 2.24) is 5.43 Å². The molecule has 0 unspecified atom stereocenters. The van der Waals surface area contributed by atoms with Crippen LogP contribution in [-0.4, -0.2) is 5.91 Å². The SMILES string of the molecule is C=C1CC(=O)N(c2ccc(F)cc2)N1. The van der Waals surface area contributed by atoms with E-state index in [1.54, 1.807) is 12.1 Å². The predicted octanol–water partition coefficient (Wildman–Crippen LogP) is 1.58. The lowest BCUT2D eigenvalue weighted by molar-refractivity contribution is -0.117. The molecule has 1 heterocycles. The Balaban J connectivity index is 2.27. The molecule has 0 aromatic heterocycles. The first-order valence-corrected chi connectivity index (χ1v) is 4.20. The average Bonchev–Trinajstić information content (AvgIpc) is 2.47. The number of carbonyl (C=O) groups is 1. The van der Waals surface area contributed by atoms with Gasteiger partial charge in [0.25, 0.3) is 5.91 Å². The van der Waals surface area contributed by atoms with Gasteiger partial charge >= 0.3 is 0 Å². The van der Waals surface area contributed by atoms with Crippen molar-refractivity contribution in [3.63, 3.8) is 0 Å². The van der Waals surface area contributed by atoms with Crippen LogP contribution < -0.4 is 10.4 Å². The van der Waals surface area contributed by atoms with E-state index >= 15 is 0 Å². The van der Waals surface area contributed by atoms with E-state index in [2.05, 4.69) is 12.0 Å². The maximum Gasteiger partial charge on any atom is 0.251 e. The van der Waals surface area contributed by atoms with Crippen LogP contribution in [0, 0.1) is 5.82 Å². The molecule has 14 heavy (non-hydrogen) atoms. The summed E-state index contributed by atoms with van der Waals surface area (Å²) < 4.78 is 12.6. The zero-order valence-corrected chi connectivity index (χ0v) is 7.46. The van der Waals surface area contributed by atoms with Crippen LogP contribution in [0.25, 0.3) is 0 Å². The van der Waals surface area contributed by atoms with Gasteiger partial charge in [0.1, 0.15) is 5.82 Å². The number of benzene rings is 1. The van der Waals surface area contributed by atoms with Crippen molar-refractivity contribution in [3.05, 3.63) is 42.4 Å². The molecule has 1 aliphatic heterocycles. The molecular weight excluding hydrogens is 183 g/mol. The summed E-state index contributed by atoms with van der Waals surface area (Å²) in [5, 5.41) is 1.36. The minimum Gasteiger partial charge on any atom is -0.296 e. The Bertz CT molecular complexity index is 386. The van der Waals surface area contributed by atoms with Gasteiger partial charge < -0.3 is 0 Å². The van der Waals surface area contributed by atoms with Crippen LogP contribution in [0.5, 0.6) is 0 Å². The second-order valence-corrected chi connectivity index (χ2v) is 3.10. The molecule has 0 bridgehead atoms. The molecule has 72 valence electrons. The number of hydrazine groups is 1. The van der Waals surface area contributed by atoms with Gasteiger partial charge in [-0.1, -0.05) is 6.58 Å². The van der Waals surface area contributed by atoms with E-state index in [9.17, 15) is 9.18 Å². The molecule has 0 radical (unpaired) electrons. The van der Waals surface area contributed by atoms with E-state index in [0.717, 1.165) is 0 Å². The van der Waals surface area contributed by atoms with Crippen molar-refractivity contribution < 1.29 is 9.18 Å². The number of hydrogen-bond acceptors (Lipinski definition) is 2. The fourth-order valence-corrected chi connectivity index (χ4v) is 1.32. The summed E-state index contributed by atoms with van der Waals surface area (Å²) in [5.41, 5.74) is 4.08. The van der Waals surface area contributed by atoms with E-state index in [1.807, 2.05) is 0 Å². The van der Waals surface area contributed by atoms with Crippen molar-refractivity contribution in [1.29, 1.82) is 0 Å². The number of nitrogens with one attached hydrogen (secondary N) is 1. The van der Waals surface area contributed by atoms with Gasteiger partial charge in [-0.25, -0.2) is 9.40 Å². The third-order valence-corrected chi connectivity index (χ3v) is 1.97. The molecule has 1 aliphatic rings. The normalized spacial score (nSPS) is 15.9. The Labute approximate surface area is 80.8 Å². The lowest BCUT2D eigenvalue weighted by Crippen LogP contribution is -2.33. The van der Waals surface area contributed by atoms with Gasteiger partial charge in [-0.15, -0.1) is 0 Å². The van der Waals surface area contributed by atoms with Crippen LogP contribution in [0.2, 0.25) is 0 Å². The summed E-state index contributed by atoms with van der Waals surface area (Å²) in [7, 11) is 0. The monoisotopic (exact) mass is 192 g/mol. The Kier molecular flexibility index (Phi) is 1.96. The van der Waals surface area contributed by atoms with E-state index in [4.69, 9.17) is 0 Å². The van der Waals surface area contributed by atoms with Crippen molar-refractivity contribution in [3.8, 4) is 0 Å². The smallest absolute Gasteiger partial charge is 0.251 e. The number of amides is 1. The fraction of sp³-hybridized carbons (Fsp3) is 0.100. The van der Waals surface area contributed by atoms with E-state index in [1.165, 1.54) is 17.1 Å². The highest BCUT2D eigenvalue weighted by atomic mass is 19.1. The first kappa shape index (κ1) is 8.74. The minimum atomic E-state index is -0.320. The number of hydrogen-bond donors (Lipinski definition) is 1. The standard InChI is InChI=1S/C10H9FN2O/c1-7-6-10(14)13(12-7)9-4-2-8(11)3-5-9/h2-5,12H,1,6H2. The van der Waals surface area contributed by atoms with Gasteiger partial charge in [0, 0.05) is 5.70 Å². The highest BCUT2D eigenvalue weighted by Gasteiger charge is 2.23. The van der Waals surface area contributed by atoms with Crippen LogP contribution in [0.15, 0.2) is 36.5 Å². The van der Waals surface area contributed by atoms with Crippen molar-refractivity contribution in [2.24, 2.45) is 0 Å². The fourth-order valence-electron chi connectivity index (χ4n) is 1.32. The molecule has 1 saturated heterocycles. The third-order valence-electron chi connectivity index (χ3n) is 1.97. The number of nitrogens with zero attached hydrogens (tertiary/aromatic N) is 1. The zero-order chi connectivity index (χ0) is 10.1. The average molecular weight is 192 g/mol. The molecule has 0 aliphatic carbocycles. The van der Waals surface area contributed by atoms with Gasteiger partial charge in [-0.05, 0) is 24.3 Å². The second kappa shape index (κ2) is 3.14. The van der Waals surface area contributed by atoms with Crippen LogP contribution >= 0.6 is 0 Å². The Morgan fingerprint density at radius 3 is 2.50 bits per heavy atom. The molecule has 3 nitrogen and oxygen atoms in total. The maximum atomic E-state index is 12.6. The van der Waals surface area contributed by atoms with E-state index < -0.39 is 0 Å². The van der Waals surface area contributed by atoms with Gasteiger partial charge in [0.2, 0.25) is 0 Å². The molecule has 4 heteroatoms. The van der Waals surface area contributed by atoms with Gasteiger partial charge in [0.05, 0.1) is 12.1 Å². The van der Waals surface area contributed by atoms with Crippen LogP contribution in [0.1, 0.15) is 6.42 Å². The number of rotatable bonds is 1. The Hall–Kier alpha value is -1.84. The molecule has 2 rings (SSSR count). The highest BCUT2D eigenvalue weighted by molar-refractivity contribution is 5.96. The summed E-state index contributed by atoms with van der Waals surface area (Å²) in [6, 6.07) is 5.70. The maximum absolute atomic E-state index is 12.6. The summed E-state index contributed by atoms with van der Waals surface area (Å²) in [5.74, 6) is -0.402. The first-order chi connectivity index (χ1) is 6.66. The van der Waals surface area contributed by atoms with Crippen molar-refractivity contribution >= 4 is 11.6 Å². The predicted molar refractivity (Wildman–Crippen MR) is 50.8 cm³/mol. The molecule has 1 N–H and O–H groups in total. The first-order valence-electron chi connectivity index (χ1n) is 4.20. The summed E-state index contributed by atoms with van der Waals surface area (Å²) in [6.45, 7) is 3.65. The lowest BCUT2D eigenvalue weighted by Gasteiger charge is -2.15. The van der Waals surface area contributed by atoms with E-state index in [0.29, 0.717) is 11.4 Å². The number of anilines is 1. The summed E-state index contributed by atoms with van der Waals surface area (Å²) in [4.78, 5) is 11.4. The number of halogens is 1. The molecular formula is C10H9FN2O. The quantitative estimate of drug-likeness (QED) is 0.732. The third kappa shape index (κ3) is 1.46. The molecule has 1 aromatic carbocycles. The number of carbonyl (C=O) groups excluding carboxylic acids is 1.